The fourth-order valence-corrected chi connectivity index (χ4v) is 6.19. The lowest BCUT2D eigenvalue weighted by molar-refractivity contribution is 0.0542. The summed E-state index contributed by atoms with van der Waals surface area (Å²) in [4.78, 5) is 27.8. The number of aryl methyl sites for hydroxylation is 1. The first-order valence-corrected chi connectivity index (χ1v) is 16.0. The molecule has 2 fully saturated rings. The highest BCUT2D eigenvalue weighted by Gasteiger charge is 2.48. The van der Waals surface area contributed by atoms with E-state index in [9.17, 15) is 9.59 Å². The third kappa shape index (κ3) is 7.40. The Labute approximate surface area is 264 Å². The number of piperidine rings is 1. The first kappa shape index (κ1) is 35.0. The van der Waals surface area contributed by atoms with Crippen LogP contribution in [-0.4, -0.2) is 54.9 Å². The quantitative estimate of drug-likeness (QED) is 0.281. The maximum atomic E-state index is 13.1. The van der Waals surface area contributed by atoms with Crippen LogP contribution in [-0.2, 0) is 16.0 Å². The first-order chi connectivity index (χ1) is 21.0. The average Bonchev–Trinajstić information content (AvgIpc) is 3.61. The van der Waals surface area contributed by atoms with E-state index in [1.165, 1.54) is 25.5 Å². The third-order valence-electron chi connectivity index (χ3n) is 8.46. The molecule has 0 amide bonds. The lowest BCUT2D eigenvalue weighted by atomic mass is 9.83. The average molecular weight is 608 g/mol. The Bertz CT molecular complexity index is 1450. The van der Waals surface area contributed by atoms with E-state index in [-0.39, 0.29) is 12.0 Å². The molecule has 1 unspecified atom stereocenters. The van der Waals surface area contributed by atoms with Crippen LogP contribution in [0.25, 0.3) is 10.9 Å². The number of benzene rings is 2. The van der Waals surface area contributed by atoms with Crippen LogP contribution in [0.2, 0.25) is 0 Å². The lowest BCUT2D eigenvalue weighted by Gasteiger charge is -2.41. The second-order valence-corrected chi connectivity index (χ2v) is 12.3. The fraction of sp³-hybridized carbons (Fsp3) is 0.556. The van der Waals surface area contributed by atoms with Gasteiger partial charge in [0.1, 0.15) is 11.4 Å². The van der Waals surface area contributed by atoms with Gasteiger partial charge in [0.05, 0.1) is 25.3 Å². The first-order valence-electron chi connectivity index (χ1n) is 16.0. The van der Waals surface area contributed by atoms with Crippen LogP contribution in [0.4, 0.5) is 10.5 Å². The molecule has 8 heteroatoms. The molecule has 0 radical (unpaired) electrons. The number of hydrogen-bond donors (Lipinski definition) is 1. The molecule has 2 aromatic carbocycles. The van der Waals surface area contributed by atoms with E-state index >= 15 is 0 Å². The second-order valence-electron chi connectivity index (χ2n) is 12.3. The standard InChI is InChI=1S/C32H41N3O5.2C2H6/c1-20-16-27(38-6)24(22-10-14-35(28(20)22)30(37)40-31(2,3)4)19-34-15-13-32(11-12-32)18-26(34)23-9-8-21(29(36)39-7)17-25(23)33-5;2*1-2/h8-10,14,16-17,26,33H,11-13,15,18-19H2,1-7H3;2*1-2H3. The zero-order valence-corrected chi connectivity index (χ0v) is 28.7. The summed E-state index contributed by atoms with van der Waals surface area (Å²) >= 11 is 0. The van der Waals surface area contributed by atoms with Crippen LogP contribution >= 0.6 is 0 Å². The summed E-state index contributed by atoms with van der Waals surface area (Å²) < 4.78 is 18.2. The Hall–Kier alpha value is -3.52. The highest BCUT2D eigenvalue weighted by Crippen LogP contribution is 2.59. The molecule has 0 bridgehead atoms. The zero-order valence-electron chi connectivity index (χ0n) is 28.7. The van der Waals surface area contributed by atoms with Crippen LogP contribution in [0, 0.1) is 12.3 Å². The van der Waals surface area contributed by atoms with Crippen molar-refractivity contribution in [2.45, 2.75) is 99.3 Å². The van der Waals surface area contributed by atoms with Gasteiger partial charge in [0.15, 0.2) is 0 Å². The minimum atomic E-state index is -0.592. The Morgan fingerprint density at radius 1 is 1.02 bits per heavy atom. The van der Waals surface area contributed by atoms with Gasteiger partial charge in [-0.1, -0.05) is 33.8 Å². The highest BCUT2D eigenvalue weighted by atomic mass is 16.6. The monoisotopic (exact) mass is 607 g/mol. The van der Waals surface area contributed by atoms with Gasteiger partial charge in [-0.25, -0.2) is 9.59 Å². The van der Waals surface area contributed by atoms with Gasteiger partial charge in [-0.3, -0.25) is 9.47 Å². The molecular weight excluding hydrogens is 554 g/mol. The number of nitrogens with one attached hydrogen (secondary N) is 1. The summed E-state index contributed by atoms with van der Waals surface area (Å²) in [6, 6.07) is 10.00. The largest absolute Gasteiger partial charge is 0.496 e. The number of aromatic nitrogens is 1. The van der Waals surface area contributed by atoms with Crippen molar-refractivity contribution in [2.75, 3.05) is 33.1 Å². The van der Waals surface area contributed by atoms with Gasteiger partial charge in [-0.2, -0.15) is 0 Å². The molecule has 2 heterocycles. The van der Waals surface area contributed by atoms with Gasteiger partial charge in [-0.05, 0) is 101 Å². The zero-order chi connectivity index (χ0) is 32.8. The number of hydrogen-bond acceptors (Lipinski definition) is 7. The number of likely N-dealkylation sites (tertiary alicyclic amines) is 1. The molecule has 1 spiro atoms. The summed E-state index contributed by atoms with van der Waals surface area (Å²) in [6.45, 7) is 17.2. The minimum absolute atomic E-state index is 0.166. The van der Waals surface area contributed by atoms with Gasteiger partial charge in [-0.15, -0.1) is 0 Å². The molecule has 1 saturated carbocycles. The molecular formula is C36H53N3O5. The van der Waals surface area contributed by atoms with E-state index in [1.807, 2.05) is 86.7 Å². The number of methoxy groups -OCH3 is 2. The molecule has 5 rings (SSSR count). The maximum absolute atomic E-state index is 13.1. The van der Waals surface area contributed by atoms with E-state index in [0.717, 1.165) is 52.9 Å². The van der Waals surface area contributed by atoms with Crippen molar-refractivity contribution in [3.63, 3.8) is 0 Å². The lowest BCUT2D eigenvalue weighted by Crippen LogP contribution is -2.37. The molecule has 1 aliphatic carbocycles. The van der Waals surface area contributed by atoms with Crippen LogP contribution in [0.5, 0.6) is 5.75 Å². The number of ether oxygens (including phenoxy) is 3. The SMILES string of the molecule is CC.CC.CNc1cc(C(=O)OC)ccc1C1CC2(CCN1Cc1c(OC)cc(C)c3c1ccn3C(=O)OC(C)(C)C)CC2. The predicted octanol–water partition coefficient (Wildman–Crippen LogP) is 8.74. The molecule has 1 atom stereocenters. The molecule has 1 aliphatic heterocycles. The summed E-state index contributed by atoms with van der Waals surface area (Å²) in [7, 11) is 5.00. The van der Waals surface area contributed by atoms with E-state index in [2.05, 4.69) is 16.3 Å². The van der Waals surface area contributed by atoms with Crippen molar-refractivity contribution in [3.05, 3.63) is 58.8 Å². The Morgan fingerprint density at radius 2 is 1.70 bits per heavy atom. The number of nitrogens with zero attached hydrogens (tertiary/aromatic N) is 2. The van der Waals surface area contributed by atoms with Crippen LogP contribution < -0.4 is 10.1 Å². The van der Waals surface area contributed by atoms with Gasteiger partial charge in [0.25, 0.3) is 0 Å². The third-order valence-corrected chi connectivity index (χ3v) is 8.46. The van der Waals surface area contributed by atoms with Gasteiger partial charge in [0.2, 0.25) is 0 Å². The highest BCUT2D eigenvalue weighted by molar-refractivity contribution is 5.95. The normalized spacial score (nSPS) is 17.1. The molecule has 1 N–H and O–H groups in total. The van der Waals surface area contributed by atoms with Crippen molar-refractivity contribution < 1.29 is 23.8 Å². The van der Waals surface area contributed by atoms with Gasteiger partial charge >= 0.3 is 12.1 Å². The Balaban J connectivity index is 0.00000127. The molecule has 3 aromatic rings. The number of carbonyl (C=O) groups is 2. The molecule has 242 valence electrons. The van der Waals surface area contributed by atoms with Gasteiger partial charge < -0.3 is 19.5 Å². The fourth-order valence-electron chi connectivity index (χ4n) is 6.19. The summed E-state index contributed by atoms with van der Waals surface area (Å²) in [6.07, 6.45) is 6.17. The maximum Gasteiger partial charge on any atom is 0.419 e. The predicted molar refractivity (Wildman–Crippen MR) is 179 cm³/mol. The molecule has 44 heavy (non-hydrogen) atoms. The topological polar surface area (TPSA) is 82.0 Å². The molecule has 8 nitrogen and oxygen atoms in total. The number of esters is 1. The smallest absolute Gasteiger partial charge is 0.419 e. The van der Waals surface area contributed by atoms with Crippen LogP contribution in [0.15, 0.2) is 36.5 Å². The minimum Gasteiger partial charge on any atom is -0.496 e. The van der Waals surface area contributed by atoms with Crippen molar-refractivity contribution in [3.8, 4) is 5.75 Å². The molecule has 1 saturated heterocycles. The van der Waals surface area contributed by atoms with E-state index < -0.39 is 11.7 Å². The van der Waals surface area contributed by atoms with Gasteiger partial charge in [0, 0.05) is 42.5 Å². The van der Waals surface area contributed by atoms with Crippen molar-refractivity contribution in [1.29, 1.82) is 0 Å². The number of anilines is 1. The Morgan fingerprint density at radius 3 is 2.27 bits per heavy atom. The Kier molecular flexibility index (Phi) is 11.5. The molecule has 2 aliphatic rings. The molecule has 1 aromatic heterocycles. The van der Waals surface area contributed by atoms with Crippen LogP contribution in [0.1, 0.15) is 107 Å². The van der Waals surface area contributed by atoms with E-state index in [1.54, 1.807) is 17.9 Å². The number of carbonyl (C=O) groups excluding carboxylic acids is 2. The van der Waals surface area contributed by atoms with Crippen molar-refractivity contribution in [1.82, 2.24) is 9.47 Å². The summed E-state index contributed by atoms with van der Waals surface area (Å²) in [5, 5.41) is 4.31. The van der Waals surface area contributed by atoms with Crippen molar-refractivity contribution >= 4 is 28.7 Å². The van der Waals surface area contributed by atoms with E-state index in [0.29, 0.717) is 17.5 Å². The van der Waals surface area contributed by atoms with Crippen LogP contribution in [0.3, 0.4) is 0 Å². The van der Waals surface area contributed by atoms with E-state index in [4.69, 9.17) is 14.2 Å². The summed E-state index contributed by atoms with van der Waals surface area (Å²) in [5.74, 6) is 0.468. The van der Waals surface area contributed by atoms with Crippen molar-refractivity contribution in [2.24, 2.45) is 5.41 Å². The number of fused-ring (bicyclic) bond motifs is 1. The second kappa shape index (κ2) is 14.5. The summed E-state index contributed by atoms with van der Waals surface area (Å²) in [5.41, 5.74) is 5.31. The number of rotatable bonds is 6.